The number of hydrogen-bond donors (Lipinski definition) is 3. The predicted octanol–water partition coefficient (Wildman–Crippen LogP) is -0.220. The van der Waals surface area contributed by atoms with Crippen LogP contribution in [0.4, 0.5) is 5.13 Å². The van der Waals surface area contributed by atoms with Gasteiger partial charge in [0.25, 0.3) is 0 Å². The second kappa shape index (κ2) is 4.84. The molecular weight excluding hydrogens is 214 g/mol. The van der Waals surface area contributed by atoms with Crippen molar-refractivity contribution in [2.75, 3.05) is 18.6 Å². The molecule has 1 heterocycles. The first-order valence-corrected chi connectivity index (χ1v) is 5.79. The minimum absolute atomic E-state index is 0.192. The molecule has 0 aromatic carbocycles. The van der Waals surface area contributed by atoms with E-state index in [2.05, 4.69) is 20.5 Å². The molecular formula is C8H15N5OS. The number of hydrogen-bond acceptors (Lipinski definition) is 7. The second-order valence-electron chi connectivity index (χ2n) is 3.57. The van der Waals surface area contributed by atoms with E-state index < -0.39 is 0 Å². The number of aliphatic hydroxyl groups is 1. The van der Waals surface area contributed by atoms with Crippen molar-refractivity contribution in [1.82, 2.24) is 15.1 Å². The molecule has 0 amide bonds. The van der Waals surface area contributed by atoms with Gasteiger partial charge < -0.3 is 5.11 Å². The molecule has 1 aliphatic rings. The van der Waals surface area contributed by atoms with Gasteiger partial charge in [-0.05, 0) is 12.8 Å². The second-order valence-corrected chi connectivity index (χ2v) is 4.63. The average Bonchev–Trinajstić information content (AvgIpc) is 2.99. The third kappa shape index (κ3) is 2.85. The lowest BCUT2D eigenvalue weighted by Crippen LogP contribution is -2.28. The Bertz CT molecular complexity index is 314. The SMILES string of the molecule is NNc1nnc(CN(CCO)C2CC2)s1. The van der Waals surface area contributed by atoms with Gasteiger partial charge in [-0.3, -0.25) is 10.3 Å². The molecule has 84 valence electrons. The van der Waals surface area contributed by atoms with E-state index in [9.17, 15) is 0 Å². The number of aromatic nitrogens is 2. The number of nitrogen functional groups attached to an aromatic ring is 1. The van der Waals surface area contributed by atoms with Crippen LogP contribution in [0.2, 0.25) is 0 Å². The number of nitrogens with zero attached hydrogens (tertiary/aromatic N) is 3. The van der Waals surface area contributed by atoms with E-state index in [0.29, 0.717) is 17.7 Å². The Morgan fingerprint density at radius 1 is 1.53 bits per heavy atom. The Labute approximate surface area is 92.1 Å². The van der Waals surface area contributed by atoms with Crippen LogP contribution < -0.4 is 11.3 Å². The van der Waals surface area contributed by atoms with E-state index in [4.69, 9.17) is 10.9 Å². The van der Waals surface area contributed by atoms with Crippen LogP contribution in [0.3, 0.4) is 0 Å². The van der Waals surface area contributed by atoms with Gasteiger partial charge >= 0.3 is 0 Å². The summed E-state index contributed by atoms with van der Waals surface area (Å²) >= 11 is 1.45. The fourth-order valence-corrected chi connectivity index (χ4v) is 2.18. The largest absolute Gasteiger partial charge is 0.395 e. The summed E-state index contributed by atoms with van der Waals surface area (Å²) in [6.45, 7) is 1.65. The molecule has 0 saturated heterocycles. The van der Waals surface area contributed by atoms with E-state index in [-0.39, 0.29) is 6.61 Å². The molecule has 15 heavy (non-hydrogen) atoms. The standard InChI is InChI=1S/C8H15N5OS/c9-10-8-12-11-7(15-8)5-13(3-4-14)6-1-2-6/h6,14H,1-5,9H2,(H,10,12). The van der Waals surface area contributed by atoms with Gasteiger partial charge in [0.1, 0.15) is 5.01 Å². The van der Waals surface area contributed by atoms with Crippen molar-refractivity contribution >= 4 is 16.5 Å². The average molecular weight is 229 g/mol. The summed E-state index contributed by atoms with van der Waals surface area (Å²) in [4.78, 5) is 2.24. The van der Waals surface area contributed by atoms with Crippen LogP contribution in [0.5, 0.6) is 0 Å². The number of aliphatic hydroxyl groups excluding tert-OH is 1. The maximum Gasteiger partial charge on any atom is 0.219 e. The molecule has 0 radical (unpaired) electrons. The van der Waals surface area contributed by atoms with Crippen molar-refractivity contribution in [2.45, 2.75) is 25.4 Å². The van der Waals surface area contributed by atoms with Gasteiger partial charge in [-0.25, -0.2) is 5.84 Å². The lowest BCUT2D eigenvalue weighted by atomic mass is 10.4. The van der Waals surface area contributed by atoms with Crippen LogP contribution in [0.25, 0.3) is 0 Å². The molecule has 0 bridgehead atoms. The van der Waals surface area contributed by atoms with Gasteiger partial charge in [0.2, 0.25) is 5.13 Å². The fourth-order valence-electron chi connectivity index (χ4n) is 1.51. The van der Waals surface area contributed by atoms with Crippen molar-refractivity contribution in [2.24, 2.45) is 5.84 Å². The molecule has 0 unspecified atom stereocenters. The smallest absolute Gasteiger partial charge is 0.219 e. The van der Waals surface area contributed by atoms with E-state index in [1.165, 1.54) is 24.2 Å². The Kier molecular flexibility index (Phi) is 3.47. The zero-order valence-corrected chi connectivity index (χ0v) is 9.20. The topological polar surface area (TPSA) is 87.3 Å². The fraction of sp³-hybridized carbons (Fsp3) is 0.750. The first kappa shape index (κ1) is 10.7. The van der Waals surface area contributed by atoms with Gasteiger partial charge in [-0.15, -0.1) is 10.2 Å². The molecule has 4 N–H and O–H groups in total. The summed E-state index contributed by atoms with van der Waals surface area (Å²) in [5.74, 6) is 5.23. The molecule has 0 aliphatic heterocycles. The lowest BCUT2D eigenvalue weighted by molar-refractivity contribution is 0.183. The van der Waals surface area contributed by atoms with E-state index >= 15 is 0 Å². The third-order valence-electron chi connectivity index (χ3n) is 2.38. The van der Waals surface area contributed by atoms with Gasteiger partial charge in [0.15, 0.2) is 0 Å². The van der Waals surface area contributed by atoms with Crippen molar-refractivity contribution < 1.29 is 5.11 Å². The van der Waals surface area contributed by atoms with E-state index in [0.717, 1.165) is 11.6 Å². The van der Waals surface area contributed by atoms with Gasteiger partial charge in [-0.2, -0.15) is 0 Å². The molecule has 7 heteroatoms. The van der Waals surface area contributed by atoms with Crippen LogP contribution in [-0.4, -0.2) is 39.4 Å². The summed E-state index contributed by atoms with van der Waals surface area (Å²) in [6, 6.07) is 0.621. The molecule has 1 aromatic rings. The molecule has 0 spiro atoms. The maximum absolute atomic E-state index is 8.94. The third-order valence-corrected chi connectivity index (χ3v) is 3.22. The molecule has 0 atom stereocenters. The Morgan fingerprint density at radius 3 is 2.87 bits per heavy atom. The lowest BCUT2D eigenvalue weighted by Gasteiger charge is -2.18. The summed E-state index contributed by atoms with van der Waals surface area (Å²) in [7, 11) is 0. The van der Waals surface area contributed by atoms with Crippen LogP contribution in [0, 0.1) is 0 Å². The molecule has 1 aromatic heterocycles. The quantitative estimate of drug-likeness (QED) is 0.462. The molecule has 1 fully saturated rings. The first-order chi connectivity index (χ1) is 7.33. The van der Waals surface area contributed by atoms with Crippen LogP contribution in [0.1, 0.15) is 17.8 Å². The normalized spacial score (nSPS) is 15.9. The minimum Gasteiger partial charge on any atom is -0.395 e. The maximum atomic E-state index is 8.94. The van der Waals surface area contributed by atoms with Gasteiger partial charge in [-0.1, -0.05) is 11.3 Å². The summed E-state index contributed by atoms with van der Waals surface area (Å²) in [5.41, 5.74) is 2.47. The first-order valence-electron chi connectivity index (χ1n) is 4.97. The van der Waals surface area contributed by atoms with Crippen molar-refractivity contribution in [3.8, 4) is 0 Å². The zero-order valence-electron chi connectivity index (χ0n) is 8.39. The highest BCUT2D eigenvalue weighted by Crippen LogP contribution is 2.28. The van der Waals surface area contributed by atoms with Gasteiger partial charge in [0.05, 0.1) is 13.2 Å². The van der Waals surface area contributed by atoms with Crippen molar-refractivity contribution in [1.29, 1.82) is 0 Å². The summed E-state index contributed by atoms with van der Waals surface area (Å²) < 4.78 is 0. The van der Waals surface area contributed by atoms with Crippen LogP contribution >= 0.6 is 11.3 Å². The molecule has 1 saturated carbocycles. The van der Waals surface area contributed by atoms with E-state index in [1.54, 1.807) is 0 Å². The zero-order chi connectivity index (χ0) is 10.7. The Morgan fingerprint density at radius 2 is 2.33 bits per heavy atom. The molecule has 6 nitrogen and oxygen atoms in total. The highest BCUT2D eigenvalue weighted by molar-refractivity contribution is 7.15. The highest BCUT2D eigenvalue weighted by atomic mass is 32.1. The predicted molar refractivity (Wildman–Crippen MR) is 58.2 cm³/mol. The number of anilines is 1. The van der Waals surface area contributed by atoms with Crippen molar-refractivity contribution in [3.63, 3.8) is 0 Å². The Hall–Kier alpha value is -0.760. The number of nitrogens with one attached hydrogen (secondary N) is 1. The van der Waals surface area contributed by atoms with Crippen molar-refractivity contribution in [3.05, 3.63) is 5.01 Å². The minimum atomic E-state index is 0.192. The molecule has 1 aliphatic carbocycles. The Balaban J connectivity index is 1.92. The van der Waals surface area contributed by atoms with Crippen LogP contribution in [0.15, 0.2) is 0 Å². The number of nitrogens with two attached hydrogens (primary N) is 1. The number of rotatable bonds is 6. The van der Waals surface area contributed by atoms with E-state index in [1.807, 2.05) is 0 Å². The highest BCUT2D eigenvalue weighted by Gasteiger charge is 2.29. The summed E-state index contributed by atoms with van der Waals surface area (Å²) in [5, 5.41) is 18.4. The van der Waals surface area contributed by atoms with Gasteiger partial charge in [0, 0.05) is 12.6 Å². The molecule has 2 rings (SSSR count). The summed E-state index contributed by atoms with van der Waals surface area (Å²) in [6.07, 6.45) is 2.45. The monoisotopic (exact) mass is 229 g/mol. The number of hydrazine groups is 1. The van der Waals surface area contributed by atoms with Crippen LogP contribution in [-0.2, 0) is 6.54 Å².